The SMILES string of the molecule is Fc1ccc(-c2c[nH]c3ccc(F)cc23)cc1. The number of aromatic nitrogens is 1. The molecular weight excluding hydrogens is 220 g/mol. The zero-order chi connectivity index (χ0) is 11.8. The van der Waals surface area contributed by atoms with Gasteiger partial charge < -0.3 is 4.98 Å². The summed E-state index contributed by atoms with van der Waals surface area (Å²) in [6, 6.07) is 10.7. The lowest BCUT2D eigenvalue weighted by molar-refractivity contribution is 0.628. The minimum atomic E-state index is -0.278. The molecule has 1 heterocycles. The zero-order valence-electron chi connectivity index (χ0n) is 8.87. The number of H-pyrrole nitrogens is 1. The molecule has 0 saturated heterocycles. The number of rotatable bonds is 1. The first-order valence-corrected chi connectivity index (χ1v) is 5.26. The van der Waals surface area contributed by atoms with E-state index in [2.05, 4.69) is 4.98 Å². The summed E-state index contributed by atoms with van der Waals surface area (Å²) in [4.78, 5) is 3.07. The van der Waals surface area contributed by atoms with Crippen molar-refractivity contribution in [3.63, 3.8) is 0 Å². The maximum Gasteiger partial charge on any atom is 0.123 e. The van der Waals surface area contributed by atoms with Gasteiger partial charge in [0.05, 0.1) is 0 Å². The molecule has 3 rings (SSSR count). The van der Waals surface area contributed by atoms with E-state index in [9.17, 15) is 8.78 Å². The minimum absolute atomic E-state index is 0.277. The van der Waals surface area contributed by atoms with Crippen LogP contribution in [0.4, 0.5) is 8.78 Å². The predicted octanol–water partition coefficient (Wildman–Crippen LogP) is 4.11. The third-order valence-corrected chi connectivity index (χ3v) is 2.80. The van der Waals surface area contributed by atoms with Crippen LogP contribution >= 0.6 is 0 Å². The summed E-state index contributed by atoms with van der Waals surface area (Å²) >= 11 is 0. The molecule has 0 bridgehead atoms. The standard InChI is InChI=1S/C14H9F2N/c15-10-3-1-9(2-4-10)13-8-17-14-6-5-11(16)7-12(13)14/h1-8,17H. The minimum Gasteiger partial charge on any atom is -0.361 e. The highest BCUT2D eigenvalue weighted by atomic mass is 19.1. The average molecular weight is 229 g/mol. The fourth-order valence-electron chi connectivity index (χ4n) is 1.96. The molecule has 1 nitrogen and oxygen atoms in total. The van der Waals surface area contributed by atoms with Crippen LogP contribution in [0.5, 0.6) is 0 Å². The van der Waals surface area contributed by atoms with E-state index in [1.165, 1.54) is 24.3 Å². The van der Waals surface area contributed by atoms with Gasteiger partial charge in [0.2, 0.25) is 0 Å². The summed E-state index contributed by atoms with van der Waals surface area (Å²) in [5.41, 5.74) is 2.61. The first-order valence-electron chi connectivity index (χ1n) is 5.26. The van der Waals surface area contributed by atoms with E-state index < -0.39 is 0 Å². The summed E-state index contributed by atoms with van der Waals surface area (Å²) in [5.74, 6) is -0.555. The smallest absolute Gasteiger partial charge is 0.123 e. The molecule has 3 aromatic rings. The molecule has 1 N–H and O–H groups in total. The number of nitrogens with one attached hydrogen (secondary N) is 1. The Hall–Kier alpha value is -2.16. The molecule has 0 saturated carbocycles. The number of hydrogen-bond donors (Lipinski definition) is 1. The fourth-order valence-corrected chi connectivity index (χ4v) is 1.96. The topological polar surface area (TPSA) is 15.8 Å². The first-order chi connectivity index (χ1) is 8.24. The van der Waals surface area contributed by atoms with E-state index in [1.807, 2.05) is 0 Å². The highest BCUT2D eigenvalue weighted by molar-refractivity contribution is 5.95. The number of halogens is 2. The van der Waals surface area contributed by atoms with Gasteiger partial charge in [-0.15, -0.1) is 0 Å². The van der Waals surface area contributed by atoms with Gasteiger partial charge in [0.15, 0.2) is 0 Å². The van der Waals surface area contributed by atoms with Crippen molar-refractivity contribution in [3.8, 4) is 11.1 Å². The Bertz CT molecular complexity index is 668. The van der Waals surface area contributed by atoms with Gasteiger partial charge >= 0.3 is 0 Å². The van der Waals surface area contributed by atoms with E-state index in [0.717, 1.165) is 22.0 Å². The first kappa shape index (κ1) is 10.0. The highest BCUT2D eigenvalue weighted by Crippen LogP contribution is 2.29. The van der Waals surface area contributed by atoms with Crippen molar-refractivity contribution in [3.05, 3.63) is 60.3 Å². The van der Waals surface area contributed by atoms with Crippen molar-refractivity contribution in [1.29, 1.82) is 0 Å². The van der Waals surface area contributed by atoms with Crippen molar-refractivity contribution in [2.75, 3.05) is 0 Å². The van der Waals surface area contributed by atoms with Crippen molar-refractivity contribution in [1.82, 2.24) is 4.98 Å². The molecule has 17 heavy (non-hydrogen) atoms. The van der Waals surface area contributed by atoms with Gasteiger partial charge in [0.25, 0.3) is 0 Å². The van der Waals surface area contributed by atoms with Gasteiger partial charge in [-0.25, -0.2) is 8.78 Å². The second-order valence-electron chi connectivity index (χ2n) is 3.90. The van der Waals surface area contributed by atoms with Crippen LogP contribution < -0.4 is 0 Å². The molecule has 3 heteroatoms. The lowest BCUT2D eigenvalue weighted by atomic mass is 10.0. The van der Waals surface area contributed by atoms with Crippen LogP contribution in [0.15, 0.2) is 48.7 Å². The lowest BCUT2D eigenvalue weighted by Gasteiger charge is -1.99. The van der Waals surface area contributed by atoms with E-state index >= 15 is 0 Å². The Labute approximate surface area is 96.7 Å². The van der Waals surface area contributed by atoms with Crippen molar-refractivity contribution < 1.29 is 8.78 Å². The molecule has 0 fully saturated rings. The largest absolute Gasteiger partial charge is 0.361 e. The lowest BCUT2D eigenvalue weighted by Crippen LogP contribution is -1.78. The van der Waals surface area contributed by atoms with Gasteiger partial charge in [-0.1, -0.05) is 12.1 Å². The Kier molecular flexibility index (Phi) is 2.18. The third-order valence-electron chi connectivity index (χ3n) is 2.80. The molecule has 0 atom stereocenters. The van der Waals surface area contributed by atoms with Crippen LogP contribution in [0, 0.1) is 11.6 Å². The molecule has 0 radical (unpaired) electrons. The predicted molar refractivity (Wildman–Crippen MR) is 63.7 cm³/mol. The van der Waals surface area contributed by atoms with Gasteiger partial charge in [-0.05, 0) is 35.9 Å². The van der Waals surface area contributed by atoms with Crippen LogP contribution in [-0.4, -0.2) is 4.98 Å². The quantitative estimate of drug-likeness (QED) is 0.646. The molecule has 0 unspecified atom stereocenters. The summed E-state index contributed by atoms with van der Waals surface area (Å²) in [7, 11) is 0. The summed E-state index contributed by atoms with van der Waals surface area (Å²) in [6.45, 7) is 0. The van der Waals surface area contributed by atoms with Gasteiger partial charge in [-0.2, -0.15) is 0 Å². The van der Waals surface area contributed by atoms with Crippen molar-refractivity contribution >= 4 is 10.9 Å². The van der Waals surface area contributed by atoms with E-state index in [1.54, 1.807) is 24.4 Å². The van der Waals surface area contributed by atoms with Crippen LogP contribution in [-0.2, 0) is 0 Å². The van der Waals surface area contributed by atoms with E-state index in [0.29, 0.717) is 0 Å². The maximum atomic E-state index is 13.2. The molecule has 0 aliphatic rings. The monoisotopic (exact) mass is 229 g/mol. The average Bonchev–Trinajstić information content (AvgIpc) is 2.73. The van der Waals surface area contributed by atoms with Crippen LogP contribution in [0.1, 0.15) is 0 Å². The Morgan fingerprint density at radius 1 is 0.824 bits per heavy atom. The van der Waals surface area contributed by atoms with Crippen LogP contribution in [0.2, 0.25) is 0 Å². The second-order valence-corrected chi connectivity index (χ2v) is 3.90. The normalized spacial score (nSPS) is 10.9. The zero-order valence-corrected chi connectivity index (χ0v) is 8.87. The van der Waals surface area contributed by atoms with E-state index in [4.69, 9.17) is 0 Å². The van der Waals surface area contributed by atoms with Gasteiger partial charge in [0, 0.05) is 22.7 Å². The fraction of sp³-hybridized carbons (Fsp3) is 0. The molecule has 0 aliphatic carbocycles. The maximum absolute atomic E-state index is 13.2. The second kappa shape index (κ2) is 3.70. The number of aromatic amines is 1. The summed E-state index contributed by atoms with van der Waals surface area (Å²) in [6.07, 6.45) is 1.80. The Morgan fingerprint density at radius 3 is 2.29 bits per heavy atom. The molecule has 0 aliphatic heterocycles. The molecule has 0 spiro atoms. The number of benzene rings is 2. The van der Waals surface area contributed by atoms with Crippen LogP contribution in [0.3, 0.4) is 0 Å². The number of hydrogen-bond acceptors (Lipinski definition) is 0. The van der Waals surface area contributed by atoms with Gasteiger partial charge in [0.1, 0.15) is 11.6 Å². The molecule has 0 amide bonds. The van der Waals surface area contributed by atoms with E-state index in [-0.39, 0.29) is 11.6 Å². The highest BCUT2D eigenvalue weighted by Gasteiger charge is 2.06. The van der Waals surface area contributed by atoms with Crippen molar-refractivity contribution in [2.24, 2.45) is 0 Å². The molecule has 84 valence electrons. The third kappa shape index (κ3) is 1.69. The summed E-state index contributed by atoms with van der Waals surface area (Å²) in [5, 5.41) is 0.802. The molecule has 1 aromatic heterocycles. The molecule has 2 aromatic carbocycles. The number of fused-ring (bicyclic) bond motifs is 1. The van der Waals surface area contributed by atoms with Gasteiger partial charge in [-0.3, -0.25) is 0 Å². The van der Waals surface area contributed by atoms with Crippen molar-refractivity contribution in [2.45, 2.75) is 0 Å². The Balaban J connectivity index is 2.23. The summed E-state index contributed by atoms with van der Waals surface area (Å²) < 4.78 is 26.0. The van der Waals surface area contributed by atoms with Crippen LogP contribution in [0.25, 0.3) is 22.0 Å². The molecular formula is C14H9F2N. The Morgan fingerprint density at radius 2 is 1.53 bits per heavy atom.